The number of nitrogens with zero attached hydrogens (tertiary/aromatic N) is 3. The number of carbonyl (C=O) groups excluding carboxylic acids is 1. The van der Waals surface area contributed by atoms with Gasteiger partial charge in [0.25, 0.3) is 11.6 Å². The van der Waals surface area contributed by atoms with E-state index in [1.54, 1.807) is 26.1 Å². The van der Waals surface area contributed by atoms with E-state index in [2.05, 4.69) is 10.1 Å². The first kappa shape index (κ1) is 18.6. The van der Waals surface area contributed by atoms with Gasteiger partial charge in [-0.05, 0) is 36.6 Å². The smallest absolute Gasteiger partial charge is 0.259 e. The average molecular weight is 416 g/mol. The number of carbonyl (C=O) groups is 1. The number of rotatable bonds is 4. The standard InChI is InChI=1S/C20H15ClFN3O2S/c1-11-18-12(9-16(17-7-4-8-28-17)23-19(18)27-24-11)20(26)25(2)10-13-14(21)5-3-6-15(13)22/h3-9H,10H2,1-2H3. The summed E-state index contributed by atoms with van der Waals surface area (Å²) in [6.07, 6.45) is 0. The molecule has 0 saturated heterocycles. The van der Waals surface area contributed by atoms with Crippen molar-refractivity contribution in [2.75, 3.05) is 7.05 Å². The number of thiophene rings is 1. The van der Waals surface area contributed by atoms with E-state index < -0.39 is 5.82 Å². The molecule has 4 rings (SSSR count). The lowest BCUT2D eigenvalue weighted by molar-refractivity contribution is 0.0785. The maximum atomic E-state index is 14.1. The van der Waals surface area contributed by atoms with Gasteiger partial charge in [-0.15, -0.1) is 11.3 Å². The van der Waals surface area contributed by atoms with Gasteiger partial charge in [0.15, 0.2) is 0 Å². The minimum Gasteiger partial charge on any atom is -0.337 e. The van der Waals surface area contributed by atoms with Crippen molar-refractivity contribution in [1.29, 1.82) is 0 Å². The van der Waals surface area contributed by atoms with Crippen molar-refractivity contribution in [2.45, 2.75) is 13.5 Å². The van der Waals surface area contributed by atoms with Crippen LogP contribution in [0.15, 0.2) is 46.3 Å². The van der Waals surface area contributed by atoms with Crippen LogP contribution in [0.25, 0.3) is 21.7 Å². The predicted octanol–water partition coefficient (Wildman–Crippen LogP) is 5.32. The fraction of sp³-hybridized carbons (Fsp3) is 0.150. The number of aromatic nitrogens is 2. The topological polar surface area (TPSA) is 59.2 Å². The number of benzene rings is 1. The van der Waals surface area contributed by atoms with E-state index in [1.807, 2.05) is 17.5 Å². The molecule has 1 amide bonds. The number of aryl methyl sites for hydroxylation is 1. The van der Waals surface area contributed by atoms with Crippen LogP contribution in [0.5, 0.6) is 0 Å². The second-order valence-electron chi connectivity index (χ2n) is 6.34. The summed E-state index contributed by atoms with van der Waals surface area (Å²) in [7, 11) is 1.60. The summed E-state index contributed by atoms with van der Waals surface area (Å²) in [6, 6.07) is 10.00. The van der Waals surface area contributed by atoms with Gasteiger partial charge in [0.05, 0.1) is 27.2 Å². The van der Waals surface area contributed by atoms with Crippen LogP contribution in [0.4, 0.5) is 4.39 Å². The van der Waals surface area contributed by atoms with E-state index >= 15 is 0 Å². The van der Waals surface area contributed by atoms with E-state index in [-0.39, 0.29) is 23.0 Å². The van der Waals surface area contributed by atoms with Crippen LogP contribution < -0.4 is 0 Å². The van der Waals surface area contributed by atoms with Crippen molar-refractivity contribution in [2.24, 2.45) is 0 Å². The third-order valence-electron chi connectivity index (χ3n) is 4.42. The monoisotopic (exact) mass is 415 g/mol. The lowest BCUT2D eigenvalue weighted by Gasteiger charge is -2.19. The molecular formula is C20H15ClFN3O2S. The summed E-state index contributed by atoms with van der Waals surface area (Å²) in [4.78, 5) is 20.0. The van der Waals surface area contributed by atoms with Crippen molar-refractivity contribution in [3.8, 4) is 10.6 Å². The maximum Gasteiger partial charge on any atom is 0.259 e. The van der Waals surface area contributed by atoms with Gasteiger partial charge in [0.1, 0.15) is 5.82 Å². The summed E-state index contributed by atoms with van der Waals surface area (Å²) in [5.41, 5.74) is 2.16. The van der Waals surface area contributed by atoms with Gasteiger partial charge < -0.3 is 9.42 Å². The highest BCUT2D eigenvalue weighted by Gasteiger charge is 2.23. The van der Waals surface area contributed by atoms with Crippen molar-refractivity contribution < 1.29 is 13.7 Å². The molecule has 28 heavy (non-hydrogen) atoms. The Bertz CT molecular complexity index is 1150. The summed E-state index contributed by atoms with van der Waals surface area (Å²) >= 11 is 7.62. The SMILES string of the molecule is Cc1noc2nc(-c3cccs3)cc(C(=O)N(C)Cc3c(F)cccc3Cl)c12. The first-order valence-electron chi connectivity index (χ1n) is 8.45. The Hall–Kier alpha value is -2.77. The molecule has 0 aliphatic rings. The van der Waals surface area contributed by atoms with Crippen LogP contribution in [-0.4, -0.2) is 28.0 Å². The van der Waals surface area contributed by atoms with Crippen LogP contribution in [0.2, 0.25) is 5.02 Å². The zero-order chi connectivity index (χ0) is 19.8. The van der Waals surface area contributed by atoms with Crippen LogP contribution in [0.1, 0.15) is 21.6 Å². The number of amides is 1. The second-order valence-corrected chi connectivity index (χ2v) is 7.70. The number of hydrogen-bond donors (Lipinski definition) is 0. The molecule has 142 valence electrons. The van der Waals surface area contributed by atoms with E-state index in [9.17, 15) is 9.18 Å². The summed E-state index contributed by atoms with van der Waals surface area (Å²) < 4.78 is 19.4. The Morgan fingerprint density at radius 3 is 2.86 bits per heavy atom. The molecule has 0 N–H and O–H groups in total. The Morgan fingerprint density at radius 1 is 1.32 bits per heavy atom. The number of pyridine rings is 1. The number of fused-ring (bicyclic) bond motifs is 1. The minimum atomic E-state index is -0.451. The normalized spacial score (nSPS) is 11.1. The molecule has 4 aromatic rings. The van der Waals surface area contributed by atoms with Gasteiger partial charge in [0, 0.05) is 24.2 Å². The molecule has 5 nitrogen and oxygen atoms in total. The fourth-order valence-corrected chi connectivity index (χ4v) is 3.92. The maximum absolute atomic E-state index is 14.1. The van der Waals surface area contributed by atoms with E-state index in [1.165, 1.54) is 28.4 Å². The summed E-state index contributed by atoms with van der Waals surface area (Å²) in [5.74, 6) is -0.747. The highest BCUT2D eigenvalue weighted by Crippen LogP contribution is 2.30. The lowest BCUT2D eigenvalue weighted by atomic mass is 10.1. The van der Waals surface area contributed by atoms with Crippen LogP contribution in [0, 0.1) is 12.7 Å². The van der Waals surface area contributed by atoms with E-state index in [4.69, 9.17) is 16.1 Å². The first-order valence-corrected chi connectivity index (χ1v) is 9.70. The zero-order valence-corrected chi connectivity index (χ0v) is 16.6. The molecule has 3 heterocycles. The molecule has 8 heteroatoms. The Labute approximate surface area is 169 Å². The van der Waals surface area contributed by atoms with Gasteiger partial charge in [0.2, 0.25) is 0 Å². The molecule has 0 aliphatic carbocycles. The predicted molar refractivity (Wildman–Crippen MR) is 107 cm³/mol. The van der Waals surface area contributed by atoms with Gasteiger partial charge in [-0.2, -0.15) is 0 Å². The molecule has 0 bridgehead atoms. The Kier molecular flexibility index (Phi) is 4.87. The van der Waals surface area contributed by atoms with E-state index in [0.717, 1.165) is 4.88 Å². The number of halogens is 2. The van der Waals surface area contributed by atoms with Crippen LogP contribution in [0.3, 0.4) is 0 Å². The van der Waals surface area contributed by atoms with Crippen molar-refractivity contribution >= 4 is 39.9 Å². The molecule has 0 fully saturated rings. The van der Waals surface area contributed by atoms with Gasteiger partial charge in [-0.3, -0.25) is 4.79 Å². The molecule has 0 unspecified atom stereocenters. The first-order chi connectivity index (χ1) is 13.5. The van der Waals surface area contributed by atoms with Gasteiger partial charge in [-0.25, -0.2) is 9.37 Å². The molecule has 3 aromatic heterocycles. The van der Waals surface area contributed by atoms with E-state index in [0.29, 0.717) is 28.1 Å². The fourth-order valence-electron chi connectivity index (χ4n) is 3.01. The van der Waals surface area contributed by atoms with Crippen LogP contribution >= 0.6 is 22.9 Å². The molecule has 0 spiro atoms. The minimum absolute atomic E-state index is 0.0345. The average Bonchev–Trinajstić information content (AvgIpc) is 3.34. The lowest BCUT2D eigenvalue weighted by Crippen LogP contribution is -2.27. The van der Waals surface area contributed by atoms with Crippen LogP contribution in [-0.2, 0) is 6.54 Å². The Balaban J connectivity index is 1.77. The molecule has 0 aliphatic heterocycles. The largest absolute Gasteiger partial charge is 0.337 e. The molecule has 1 aromatic carbocycles. The highest BCUT2D eigenvalue weighted by atomic mass is 35.5. The quantitative estimate of drug-likeness (QED) is 0.452. The molecular weight excluding hydrogens is 401 g/mol. The third-order valence-corrected chi connectivity index (χ3v) is 5.67. The summed E-state index contributed by atoms with van der Waals surface area (Å²) in [5, 5.41) is 6.71. The molecule has 0 atom stereocenters. The van der Waals surface area contributed by atoms with Crippen molar-refractivity contribution in [1.82, 2.24) is 15.0 Å². The number of hydrogen-bond acceptors (Lipinski definition) is 5. The zero-order valence-electron chi connectivity index (χ0n) is 15.1. The molecule has 0 radical (unpaired) electrons. The van der Waals surface area contributed by atoms with Crippen molar-refractivity contribution in [3.05, 3.63) is 69.4 Å². The Morgan fingerprint density at radius 2 is 2.14 bits per heavy atom. The van der Waals surface area contributed by atoms with Crippen molar-refractivity contribution in [3.63, 3.8) is 0 Å². The second kappa shape index (κ2) is 7.33. The van der Waals surface area contributed by atoms with Gasteiger partial charge >= 0.3 is 0 Å². The third kappa shape index (κ3) is 3.27. The molecule has 0 saturated carbocycles. The van der Waals surface area contributed by atoms with Gasteiger partial charge in [-0.1, -0.05) is 28.9 Å². The highest BCUT2D eigenvalue weighted by molar-refractivity contribution is 7.13. The summed E-state index contributed by atoms with van der Waals surface area (Å²) in [6.45, 7) is 1.79.